The predicted octanol–water partition coefficient (Wildman–Crippen LogP) is 4.86. The molecule has 6 rings (SSSR count). The number of H-pyrrole nitrogens is 1. The standard InChI is InChI=1S/C26H25N7OS/c1-2-33(14-16-7-9-27-10-8-16)26(34)17-3-5-20-22(12-17)35-25-23(20)24(28-15-29-25)31-19-4-6-21-18(11-19)13-30-32-21/h4,6-11,13,15,17H,2-3,5,12,14H2,1H3,(H,30,32)(H,28,29,31)/t17-/m0/s1. The van der Waals surface area contributed by atoms with Crippen molar-refractivity contribution in [3.63, 3.8) is 0 Å². The van der Waals surface area contributed by atoms with Gasteiger partial charge in [0.15, 0.2) is 0 Å². The summed E-state index contributed by atoms with van der Waals surface area (Å²) < 4.78 is 0. The first-order valence-electron chi connectivity index (χ1n) is 11.8. The number of aromatic amines is 1. The van der Waals surface area contributed by atoms with Gasteiger partial charge in [-0.25, -0.2) is 9.97 Å². The van der Waals surface area contributed by atoms with Crippen molar-refractivity contribution in [3.05, 3.63) is 71.3 Å². The highest BCUT2D eigenvalue weighted by atomic mass is 32.1. The summed E-state index contributed by atoms with van der Waals surface area (Å²) in [6, 6.07) is 10.0. The molecular formula is C26H25N7OS. The van der Waals surface area contributed by atoms with Crippen molar-refractivity contribution in [2.75, 3.05) is 11.9 Å². The number of carbonyl (C=O) groups is 1. The maximum Gasteiger partial charge on any atom is 0.226 e. The van der Waals surface area contributed by atoms with Crippen molar-refractivity contribution in [3.8, 4) is 0 Å². The highest BCUT2D eigenvalue weighted by molar-refractivity contribution is 7.19. The molecule has 176 valence electrons. The molecule has 1 aromatic carbocycles. The minimum Gasteiger partial charge on any atom is -0.340 e. The Labute approximate surface area is 206 Å². The lowest BCUT2D eigenvalue weighted by molar-refractivity contribution is -0.136. The van der Waals surface area contributed by atoms with Gasteiger partial charge >= 0.3 is 0 Å². The van der Waals surface area contributed by atoms with E-state index in [9.17, 15) is 4.79 Å². The van der Waals surface area contributed by atoms with Crippen LogP contribution in [0, 0.1) is 5.92 Å². The molecular weight excluding hydrogens is 458 g/mol. The molecule has 0 saturated heterocycles. The summed E-state index contributed by atoms with van der Waals surface area (Å²) >= 11 is 1.69. The molecule has 0 unspecified atom stereocenters. The summed E-state index contributed by atoms with van der Waals surface area (Å²) in [5.74, 6) is 1.03. The first kappa shape index (κ1) is 21.7. The molecule has 1 atom stereocenters. The zero-order chi connectivity index (χ0) is 23.8. The van der Waals surface area contributed by atoms with Crippen LogP contribution in [0.3, 0.4) is 0 Å². The second-order valence-electron chi connectivity index (χ2n) is 8.85. The van der Waals surface area contributed by atoms with Gasteiger partial charge in [-0.3, -0.25) is 14.9 Å². The van der Waals surface area contributed by atoms with Gasteiger partial charge in [0.25, 0.3) is 0 Å². The third kappa shape index (κ3) is 4.12. The van der Waals surface area contributed by atoms with Gasteiger partial charge in [-0.1, -0.05) is 0 Å². The van der Waals surface area contributed by atoms with Gasteiger partial charge in [0, 0.05) is 47.4 Å². The number of aromatic nitrogens is 5. The summed E-state index contributed by atoms with van der Waals surface area (Å²) in [7, 11) is 0. The summed E-state index contributed by atoms with van der Waals surface area (Å²) in [4.78, 5) is 30.8. The molecule has 0 radical (unpaired) electrons. The Morgan fingerprint density at radius 1 is 1.23 bits per heavy atom. The second-order valence-corrected chi connectivity index (χ2v) is 9.93. The highest BCUT2D eigenvalue weighted by Crippen LogP contribution is 2.41. The van der Waals surface area contributed by atoms with Gasteiger partial charge < -0.3 is 10.2 Å². The van der Waals surface area contributed by atoms with Crippen LogP contribution >= 0.6 is 11.3 Å². The van der Waals surface area contributed by atoms with E-state index >= 15 is 0 Å². The third-order valence-corrected chi connectivity index (χ3v) is 7.88. The number of aryl methyl sites for hydroxylation is 1. The van der Waals surface area contributed by atoms with Crippen LogP contribution < -0.4 is 5.32 Å². The van der Waals surface area contributed by atoms with E-state index in [0.717, 1.165) is 57.5 Å². The molecule has 4 aromatic heterocycles. The van der Waals surface area contributed by atoms with E-state index in [1.807, 2.05) is 42.3 Å². The Bertz CT molecular complexity index is 1510. The molecule has 0 fully saturated rings. The van der Waals surface area contributed by atoms with Crippen LogP contribution in [0.15, 0.2) is 55.2 Å². The van der Waals surface area contributed by atoms with Crippen molar-refractivity contribution in [1.82, 2.24) is 30.0 Å². The van der Waals surface area contributed by atoms with Gasteiger partial charge in [-0.15, -0.1) is 11.3 Å². The van der Waals surface area contributed by atoms with Crippen molar-refractivity contribution in [1.29, 1.82) is 0 Å². The molecule has 5 aromatic rings. The molecule has 4 heterocycles. The predicted molar refractivity (Wildman–Crippen MR) is 138 cm³/mol. The smallest absolute Gasteiger partial charge is 0.226 e. The number of fused-ring (bicyclic) bond motifs is 4. The molecule has 1 aliphatic carbocycles. The summed E-state index contributed by atoms with van der Waals surface area (Å²) in [6.45, 7) is 3.35. The Balaban J connectivity index is 1.25. The number of nitrogens with one attached hydrogen (secondary N) is 2. The topological polar surface area (TPSA) is 99.7 Å². The SMILES string of the molecule is CCN(Cc1ccncc1)C(=O)[C@H]1CCc2c(sc3ncnc(Nc4ccc5[nH]ncc5c4)c23)C1. The normalized spacial score (nSPS) is 15.3. The number of pyridine rings is 1. The van der Waals surface area contributed by atoms with Crippen LogP contribution in [0.25, 0.3) is 21.1 Å². The Hall–Kier alpha value is -3.85. The van der Waals surface area contributed by atoms with Gasteiger partial charge in [0.05, 0.1) is 17.1 Å². The number of amides is 1. The van der Waals surface area contributed by atoms with Crippen LogP contribution in [0.2, 0.25) is 0 Å². The lowest BCUT2D eigenvalue weighted by Gasteiger charge is -2.28. The average Bonchev–Trinajstić information content (AvgIpc) is 3.51. The van der Waals surface area contributed by atoms with E-state index in [1.54, 1.807) is 30.1 Å². The summed E-state index contributed by atoms with van der Waals surface area (Å²) in [6.07, 6.45) is 9.41. The number of carbonyl (C=O) groups excluding carboxylic acids is 1. The maximum atomic E-state index is 13.4. The lowest BCUT2D eigenvalue weighted by Crippen LogP contribution is -2.37. The number of benzene rings is 1. The van der Waals surface area contributed by atoms with Crippen molar-refractivity contribution >= 4 is 49.9 Å². The Kier molecular flexibility index (Phi) is 5.61. The van der Waals surface area contributed by atoms with E-state index in [0.29, 0.717) is 13.1 Å². The first-order valence-corrected chi connectivity index (χ1v) is 12.6. The fraction of sp³-hybridized carbons (Fsp3) is 0.269. The third-order valence-electron chi connectivity index (χ3n) is 6.71. The molecule has 35 heavy (non-hydrogen) atoms. The van der Waals surface area contributed by atoms with Gasteiger partial charge in [-0.05, 0) is 67.6 Å². The largest absolute Gasteiger partial charge is 0.340 e. The minimum atomic E-state index is -0.00906. The molecule has 0 aliphatic heterocycles. The average molecular weight is 484 g/mol. The van der Waals surface area contributed by atoms with E-state index in [1.165, 1.54) is 10.4 Å². The molecule has 9 heteroatoms. The van der Waals surface area contributed by atoms with E-state index in [-0.39, 0.29) is 11.8 Å². The van der Waals surface area contributed by atoms with E-state index in [2.05, 4.69) is 36.5 Å². The molecule has 8 nitrogen and oxygen atoms in total. The number of hydrogen-bond donors (Lipinski definition) is 2. The number of hydrogen-bond acceptors (Lipinski definition) is 7. The quantitative estimate of drug-likeness (QED) is 0.358. The van der Waals surface area contributed by atoms with Gasteiger partial charge in [-0.2, -0.15) is 5.10 Å². The molecule has 2 N–H and O–H groups in total. The fourth-order valence-corrected chi connectivity index (χ4v) is 6.15. The second kappa shape index (κ2) is 9.07. The Morgan fingerprint density at radius 2 is 2.11 bits per heavy atom. The van der Waals surface area contributed by atoms with Crippen molar-refractivity contribution in [2.24, 2.45) is 5.92 Å². The highest BCUT2D eigenvalue weighted by Gasteiger charge is 2.31. The van der Waals surface area contributed by atoms with E-state index in [4.69, 9.17) is 0 Å². The molecule has 0 bridgehead atoms. The molecule has 1 amide bonds. The van der Waals surface area contributed by atoms with Crippen molar-refractivity contribution in [2.45, 2.75) is 32.7 Å². The summed E-state index contributed by atoms with van der Waals surface area (Å²) in [5.41, 5.74) is 4.33. The Morgan fingerprint density at radius 3 is 2.97 bits per heavy atom. The number of nitrogens with zero attached hydrogens (tertiary/aromatic N) is 5. The van der Waals surface area contributed by atoms with Crippen LogP contribution in [-0.2, 0) is 24.2 Å². The minimum absolute atomic E-state index is 0.00906. The summed E-state index contributed by atoms with van der Waals surface area (Å²) in [5, 5.41) is 12.7. The van der Waals surface area contributed by atoms with Crippen LogP contribution in [0.5, 0.6) is 0 Å². The number of anilines is 2. The van der Waals surface area contributed by atoms with Crippen LogP contribution in [0.4, 0.5) is 11.5 Å². The zero-order valence-corrected chi connectivity index (χ0v) is 20.2. The monoisotopic (exact) mass is 483 g/mol. The molecule has 1 aliphatic rings. The molecule has 0 spiro atoms. The molecule has 0 saturated carbocycles. The first-order chi connectivity index (χ1) is 17.2. The van der Waals surface area contributed by atoms with Crippen LogP contribution in [-0.4, -0.2) is 42.5 Å². The van der Waals surface area contributed by atoms with E-state index < -0.39 is 0 Å². The fourth-order valence-electron chi connectivity index (χ4n) is 4.89. The number of thiophene rings is 1. The lowest BCUT2D eigenvalue weighted by atomic mass is 9.86. The van der Waals surface area contributed by atoms with Gasteiger partial charge in [0.2, 0.25) is 5.91 Å². The van der Waals surface area contributed by atoms with Gasteiger partial charge in [0.1, 0.15) is 17.0 Å². The van der Waals surface area contributed by atoms with Crippen molar-refractivity contribution < 1.29 is 4.79 Å². The van der Waals surface area contributed by atoms with Crippen LogP contribution in [0.1, 0.15) is 29.3 Å². The number of rotatable bonds is 6. The maximum absolute atomic E-state index is 13.4. The zero-order valence-electron chi connectivity index (χ0n) is 19.4.